The molecule has 3 aromatic carbocycles. The molecule has 0 spiro atoms. The van der Waals surface area contributed by atoms with E-state index in [-0.39, 0.29) is 47.0 Å². The fraction of sp³-hybridized carbons (Fsp3) is 0.283. The van der Waals surface area contributed by atoms with Gasteiger partial charge in [-0.1, -0.05) is 75.7 Å². The Balaban J connectivity index is 0.000000214. The Labute approximate surface area is 367 Å². The van der Waals surface area contributed by atoms with Crippen molar-refractivity contribution >= 4 is 23.4 Å². The number of aromatic nitrogens is 5. The highest BCUT2D eigenvalue weighted by Gasteiger charge is 2.35. The van der Waals surface area contributed by atoms with Gasteiger partial charge in [0, 0.05) is 65.5 Å². The molecule has 4 N–H and O–H groups in total. The van der Waals surface area contributed by atoms with Gasteiger partial charge in [-0.25, -0.2) is 9.97 Å². The summed E-state index contributed by atoms with van der Waals surface area (Å²) >= 11 is 6.41. The molecule has 18 heteroatoms. The van der Waals surface area contributed by atoms with Gasteiger partial charge in [-0.3, -0.25) is 24.2 Å². The Morgan fingerprint density at radius 3 is 1.66 bits per heavy atom. The second-order valence-electron chi connectivity index (χ2n) is 15.7. The first-order valence-electron chi connectivity index (χ1n) is 20.1. The van der Waals surface area contributed by atoms with E-state index in [0.29, 0.717) is 46.2 Å². The van der Waals surface area contributed by atoms with Gasteiger partial charge in [-0.15, -0.1) is 0 Å². The molecular weight excluding hydrogens is 864 g/mol. The van der Waals surface area contributed by atoms with Gasteiger partial charge in [0.15, 0.2) is 0 Å². The molecule has 11 nitrogen and oxygen atoms in total. The monoisotopic (exact) mass is 905 g/mol. The molecule has 6 aromatic rings. The summed E-state index contributed by atoms with van der Waals surface area (Å²) in [5.74, 6) is -0.0877. The first kappa shape index (κ1) is 46.9. The lowest BCUT2D eigenvalue weighted by atomic mass is 10.0. The zero-order chi connectivity index (χ0) is 46.5. The summed E-state index contributed by atoms with van der Waals surface area (Å²) in [6, 6.07) is 21.0. The molecule has 0 atom stereocenters. The number of H-pyrrole nitrogens is 2. The third-order valence-electron chi connectivity index (χ3n) is 10.0. The summed E-state index contributed by atoms with van der Waals surface area (Å²) in [6.45, 7) is 7.33. The molecule has 1 aliphatic carbocycles. The third-order valence-corrected chi connectivity index (χ3v) is 10.3. The maximum absolute atomic E-state index is 13.7. The highest BCUT2D eigenvalue weighted by molar-refractivity contribution is 6.33. The second kappa shape index (κ2) is 19.4. The molecule has 3 aromatic heterocycles. The number of benzene rings is 3. The van der Waals surface area contributed by atoms with Crippen LogP contribution in [-0.2, 0) is 35.0 Å². The van der Waals surface area contributed by atoms with Gasteiger partial charge in [0.25, 0.3) is 11.1 Å². The lowest BCUT2D eigenvalue weighted by Gasteiger charge is -2.15. The van der Waals surface area contributed by atoms with Crippen molar-refractivity contribution in [2.75, 3.05) is 0 Å². The lowest BCUT2D eigenvalue weighted by molar-refractivity contribution is -0.141. The van der Waals surface area contributed by atoms with Gasteiger partial charge in [0.05, 0.1) is 22.0 Å². The maximum Gasteiger partial charge on any atom is 0.433 e. The zero-order valence-corrected chi connectivity index (χ0v) is 35.6. The largest absolute Gasteiger partial charge is 0.433 e. The minimum Gasteiger partial charge on any atom is -0.352 e. The van der Waals surface area contributed by atoms with Crippen LogP contribution in [0.3, 0.4) is 0 Å². The number of amides is 2. The molecule has 0 saturated heterocycles. The number of nitrogens with zero attached hydrogens (tertiary/aromatic N) is 3. The molecule has 1 saturated carbocycles. The normalized spacial score (nSPS) is 12.8. The first-order valence-corrected chi connectivity index (χ1v) is 20.5. The molecule has 1 fully saturated rings. The van der Waals surface area contributed by atoms with Gasteiger partial charge in [0.2, 0.25) is 11.8 Å². The van der Waals surface area contributed by atoms with Crippen molar-refractivity contribution in [2.45, 2.75) is 71.9 Å². The van der Waals surface area contributed by atoms with E-state index >= 15 is 0 Å². The Hall–Kier alpha value is -6.62. The Morgan fingerprint density at radius 2 is 1.17 bits per heavy atom. The Morgan fingerprint density at radius 1 is 0.672 bits per heavy atom. The van der Waals surface area contributed by atoms with Crippen LogP contribution < -0.4 is 21.8 Å². The summed E-state index contributed by atoms with van der Waals surface area (Å²) in [4.78, 5) is 65.2. The number of carbonyl (C=O) groups is 2. The fourth-order valence-corrected chi connectivity index (χ4v) is 6.52. The van der Waals surface area contributed by atoms with Crippen molar-refractivity contribution in [1.82, 2.24) is 35.6 Å². The van der Waals surface area contributed by atoms with E-state index in [9.17, 15) is 45.5 Å². The molecular formula is C46H42ClF6N7O4. The summed E-state index contributed by atoms with van der Waals surface area (Å²) in [7, 11) is 0. The number of hydrogen-bond donors (Lipinski definition) is 4. The average Bonchev–Trinajstić information content (AvgIpc) is 4.10. The summed E-state index contributed by atoms with van der Waals surface area (Å²) in [6.07, 6.45) is -6.15. The van der Waals surface area contributed by atoms with Crippen LogP contribution in [0.4, 0.5) is 26.3 Å². The topological polar surface area (TPSA) is 163 Å². The molecule has 1 aliphatic rings. The quantitative estimate of drug-likeness (QED) is 0.0941. The van der Waals surface area contributed by atoms with Gasteiger partial charge >= 0.3 is 12.4 Å². The maximum atomic E-state index is 13.7. The SMILES string of the molecule is CC(C)C(=O)NCc1ccc(C(F)(F)F)c(-c2nc(-c3ccc(C(F)(F)F)nc3)cc(=O)[nH]2)c1.CC(C)C(=O)NCc1ccc(Cl)c(-c2nc(-c3ccc(C4CC4)cc3)cc(=O)[nH]2)c1. The molecule has 0 radical (unpaired) electrons. The number of rotatable bonds is 11. The lowest BCUT2D eigenvalue weighted by Crippen LogP contribution is -2.27. The minimum atomic E-state index is -4.79. The smallest absolute Gasteiger partial charge is 0.352 e. The fourth-order valence-electron chi connectivity index (χ4n) is 6.32. The summed E-state index contributed by atoms with van der Waals surface area (Å²) in [5.41, 5.74) is 0.741. The minimum absolute atomic E-state index is 0.00857. The van der Waals surface area contributed by atoms with Crippen LogP contribution in [0.2, 0.25) is 5.02 Å². The number of halogens is 7. The van der Waals surface area contributed by atoms with E-state index in [1.54, 1.807) is 19.9 Å². The Kier molecular flexibility index (Phi) is 14.2. The van der Waals surface area contributed by atoms with Crippen molar-refractivity contribution in [3.63, 3.8) is 0 Å². The number of nitrogens with one attached hydrogen (secondary N) is 4. The third kappa shape index (κ3) is 12.1. The average molecular weight is 906 g/mol. The number of aromatic amines is 2. The van der Waals surface area contributed by atoms with E-state index in [1.807, 2.05) is 38.1 Å². The first-order chi connectivity index (χ1) is 30.2. The number of hydrogen-bond acceptors (Lipinski definition) is 7. The Bertz CT molecular complexity index is 2770. The molecule has 7 rings (SSSR count). The van der Waals surface area contributed by atoms with Crippen molar-refractivity contribution in [3.8, 4) is 45.3 Å². The van der Waals surface area contributed by atoms with Crippen molar-refractivity contribution in [1.29, 1.82) is 0 Å². The zero-order valence-electron chi connectivity index (χ0n) is 34.8. The van der Waals surface area contributed by atoms with Crippen molar-refractivity contribution in [2.24, 2.45) is 11.8 Å². The van der Waals surface area contributed by atoms with Crippen LogP contribution in [0.15, 0.2) is 101 Å². The van der Waals surface area contributed by atoms with Gasteiger partial charge in [-0.2, -0.15) is 26.3 Å². The molecule has 0 aliphatic heterocycles. The number of alkyl halides is 6. The molecule has 0 unspecified atom stereocenters. The van der Waals surface area contributed by atoms with E-state index in [1.165, 1.54) is 30.5 Å². The van der Waals surface area contributed by atoms with Crippen LogP contribution in [0.1, 0.15) is 74.4 Å². The second-order valence-corrected chi connectivity index (χ2v) is 16.1. The van der Waals surface area contributed by atoms with Crippen LogP contribution >= 0.6 is 11.6 Å². The van der Waals surface area contributed by atoms with Gasteiger partial charge in [-0.05, 0) is 71.8 Å². The standard InChI is InChI=1S/C24H24ClN3O2.C22H18F6N4O2/c1-14(2)24(30)26-13-15-3-10-20(25)19(11-15)23-27-21(12-22(29)28-23)18-8-6-17(7-9-18)16-4-5-16;1-11(2)20(34)30-9-12-3-5-15(21(23,24)25)14(7-12)19-31-16(8-18(33)32-19)13-4-6-17(29-10-13)22(26,27)28/h3,6-12,14,16H,4-5,13H2,1-2H3,(H,26,30)(H,27,28,29);3-8,10-11H,9H2,1-2H3,(H,30,34)(H,31,32,33). The van der Waals surface area contributed by atoms with E-state index in [0.717, 1.165) is 41.6 Å². The predicted octanol–water partition coefficient (Wildman–Crippen LogP) is 9.72. The molecule has 334 valence electrons. The molecule has 2 amide bonds. The van der Waals surface area contributed by atoms with Crippen molar-refractivity contribution < 1.29 is 35.9 Å². The van der Waals surface area contributed by atoms with E-state index in [4.69, 9.17) is 11.6 Å². The van der Waals surface area contributed by atoms with E-state index < -0.39 is 40.6 Å². The highest BCUT2D eigenvalue weighted by atomic mass is 35.5. The van der Waals surface area contributed by atoms with Gasteiger partial charge < -0.3 is 20.6 Å². The van der Waals surface area contributed by atoms with Crippen LogP contribution in [0, 0.1) is 11.8 Å². The van der Waals surface area contributed by atoms with Crippen LogP contribution in [0.5, 0.6) is 0 Å². The number of carbonyl (C=O) groups excluding carboxylic acids is 2. The summed E-state index contributed by atoms with van der Waals surface area (Å²) < 4.78 is 79.2. The molecule has 3 heterocycles. The molecule has 64 heavy (non-hydrogen) atoms. The number of pyridine rings is 1. The van der Waals surface area contributed by atoms with Gasteiger partial charge in [0.1, 0.15) is 17.3 Å². The van der Waals surface area contributed by atoms with E-state index in [2.05, 4.69) is 47.7 Å². The van der Waals surface area contributed by atoms with Crippen molar-refractivity contribution in [3.05, 3.63) is 145 Å². The molecule has 0 bridgehead atoms. The highest BCUT2D eigenvalue weighted by Crippen LogP contribution is 2.41. The summed E-state index contributed by atoms with van der Waals surface area (Å²) in [5, 5.41) is 5.96. The van der Waals surface area contributed by atoms with Crippen LogP contribution in [-0.4, -0.2) is 36.7 Å². The van der Waals surface area contributed by atoms with Crippen LogP contribution in [0.25, 0.3) is 45.3 Å². The predicted molar refractivity (Wildman–Crippen MR) is 230 cm³/mol.